The molecule has 1 atom stereocenters. The maximum atomic E-state index is 14.2. The van der Waals surface area contributed by atoms with E-state index in [4.69, 9.17) is 14.2 Å². The highest BCUT2D eigenvalue weighted by Crippen LogP contribution is 2.26. The van der Waals surface area contributed by atoms with Crippen molar-refractivity contribution in [2.75, 3.05) is 13.2 Å². The Labute approximate surface area is 178 Å². The number of halogens is 2. The van der Waals surface area contributed by atoms with Crippen LogP contribution in [0.1, 0.15) is 42.4 Å². The summed E-state index contributed by atoms with van der Waals surface area (Å²) in [5.74, 6) is -2.01. The number of carbonyl (C=O) groups excluding carboxylic acids is 1. The number of Topliss-reactive ketones (excluding diaryl/α,β-unsaturated/α-hetero) is 1. The highest BCUT2D eigenvalue weighted by molar-refractivity contribution is 5.96. The molecule has 2 aromatic heterocycles. The van der Waals surface area contributed by atoms with E-state index in [0.717, 1.165) is 22.5 Å². The Balaban J connectivity index is 1.59. The van der Waals surface area contributed by atoms with Gasteiger partial charge in [-0.1, -0.05) is 6.07 Å². The summed E-state index contributed by atoms with van der Waals surface area (Å²) in [5, 5.41) is 0.798. The molecule has 0 spiro atoms. The van der Waals surface area contributed by atoms with Crippen molar-refractivity contribution >= 4 is 16.7 Å². The molecule has 1 fully saturated rings. The van der Waals surface area contributed by atoms with Gasteiger partial charge in [0.05, 0.1) is 38.1 Å². The standard InChI is InChI=1S/C23H24F2N2O4/c1-14(28)21-7-19-16(11-29-12-18-13-30-23(2,3)31-18)10-27(22(19)8-26-21)9-15-4-5-17(24)6-20(15)25/h4-8,10,18H,9,11-13H2,1-3H3/t18-/m1/s1. The SMILES string of the molecule is CC(=O)c1cc2c(COC[C@@H]3COC(C)(C)O3)cn(Cc3ccc(F)cc3F)c2cn1. The van der Waals surface area contributed by atoms with Gasteiger partial charge in [0, 0.05) is 35.7 Å². The van der Waals surface area contributed by atoms with Crippen LogP contribution in [-0.4, -0.2) is 40.4 Å². The van der Waals surface area contributed by atoms with Crippen molar-refractivity contribution in [3.8, 4) is 0 Å². The van der Waals surface area contributed by atoms with Crippen molar-refractivity contribution in [1.82, 2.24) is 9.55 Å². The third-order valence-electron chi connectivity index (χ3n) is 5.20. The first-order chi connectivity index (χ1) is 14.7. The average molecular weight is 430 g/mol. The molecule has 4 rings (SSSR count). The number of hydrogen-bond acceptors (Lipinski definition) is 5. The van der Waals surface area contributed by atoms with Gasteiger partial charge >= 0.3 is 0 Å². The number of benzene rings is 1. The molecule has 31 heavy (non-hydrogen) atoms. The van der Waals surface area contributed by atoms with E-state index in [9.17, 15) is 13.6 Å². The Bertz CT molecular complexity index is 1130. The lowest BCUT2D eigenvalue weighted by molar-refractivity contribution is -0.145. The second-order valence-electron chi connectivity index (χ2n) is 8.13. The number of rotatable bonds is 7. The third kappa shape index (κ3) is 4.81. The quantitative estimate of drug-likeness (QED) is 0.525. The number of ketones is 1. The van der Waals surface area contributed by atoms with Crippen molar-refractivity contribution in [2.45, 2.75) is 45.8 Å². The van der Waals surface area contributed by atoms with Crippen molar-refractivity contribution in [3.63, 3.8) is 0 Å². The van der Waals surface area contributed by atoms with Crippen LogP contribution < -0.4 is 0 Å². The average Bonchev–Trinajstić information content (AvgIpc) is 3.23. The minimum Gasteiger partial charge on any atom is -0.374 e. The molecule has 6 nitrogen and oxygen atoms in total. The van der Waals surface area contributed by atoms with E-state index < -0.39 is 17.4 Å². The maximum Gasteiger partial charge on any atom is 0.178 e. The molecule has 0 radical (unpaired) electrons. The van der Waals surface area contributed by atoms with E-state index in [2.05, 4.69) is 4.98 Å². The first-order valence-electron chi connectivity index (χ1n) is 10.0. The molecule has 1 aliphatic heterocycles. The zero-order chi connectivity index (χ0) is 22.2. The summed E-state index contributed by atoms with van der Waals surface area (Å²) in [6.45, 7) is 6.43. The molecule has 8 heteroatoms. The lowest BCUT2D eigenvalue weighted by atomic mass is 10.1. The van der Waals surface area contributed by atoms with Crippen LogP contribution in [0.5, 0.6) is 0 Å². The fourth-order valence-electron chi connectivity index (χ4n) is 3.68. The molecule has 0 bridgehead atoms. The highest BCUT2D eigenvalue weighted by atomic mass is 19.1. The van der Waals surface area contributed by atoms with Crippen LogP contribution in [-0.2, 0) is 27.4 Å². The number of fused-ring (bicyclic) bond motifs is 1. The molecule has 0 amide bonds. The topological polar surface area (TPSA) is 62.6 Å². The summed E-state index contributed by atoms with van der Waals surface area (Å²) < 4.78 is 46.4. The molecule has 0 saturated carbocycles. The summed E-state index contributed by atoms with van der Waals surface area (Å²) in [6, 6.07) is 5.23. The second-order valence-corrected chi connectivity index (χ2v) is 8.13. The predicted molar refractivity (Wildman–Crippen MR) is 110 cm³/mol. The van der Waals surface area contributed by atoms with Gasteiger partial charge in [0.2, 0.25) is 0 Å². The van der Waals surface area contributed by atoms with E-state index in [-0.39, 0.29) is 25.0 Å². The van der Waals surface area contributed by atoms with Gasteiger partial charge in [-0.05, 0) is 26.0 Å². The summed E-state index contributed by atoms with van der Waals surface area (Å²) in [5.41, 5.74) is 2.25. The molecular formula is C23H24F2N2O4. The van der Waals surface area contributed by atoms with Gasteiger partial charge in [-0.15, -0.1) is 0 Å². The van der Waals surface area contributed by atoms with Crippen LogP contribution in [0.15, 0.2) is 36.7 Å². The lowest BCUT2D eigenvalue weighted by Crippen LogP contribution is -2.24. The smallest absolute Gasteiger partial charge is 0.178 e. The van der Waals surface area contributed by atoms with E-state index >= 15 is 0 Å². The largest absolute Gasteiger partial charge is 0.374 e. The normalized spacial score (nSPS) is 18.0. The monoisotopic (exact) mass is 430 g/mol. The number of pyridine rings is 1. The molecule has 1 aromatic carbocycles. The summed E-state index contributed by atoms with van der Waals surface area (Å²) in [6.07, 6.45) is 3.27. The van der Waals surface area contributed by atoms with Crippen LogP contribution in [0.2, 0.25) is 0 Å². The van der Waals surface area contributed by atoms with Gasteiger partial charge in [-0.3, -0.25) is 9.78 Å². The zero-order valence-corrected chi connectivity index (χ0v) is 17.7. The number of aromatic nitrogens is 2. The number of hydrogen-bond donors (Lipinski definition) is 0. The molecule has 164 valence electrons. The van der Waals surface area contributed by atoms with Crippen molar-refractivity contribution < 1.29 is 27.8 Å². The van der Waals surface area contributed by atoms with Gasteiger partial charge in [0.1, 0.15) is 23.4 Å². The van der Waals surface area contributed by atoms with Gasteiger partial charge in [-0.25, -0.2) is 8.78 Å². The fraction of sp³-hybridized carbons (Fsp3) is 0.391. The van der Waals surface area contributed by atoms with Gasteiger partial charge in [0.15, 0.2) is 11.6 Å². The predicted octanol–water partition coefficient (Wildman–Crippen LogP) is 4.23. The first-order valence-corrected chi connectivity index (χ1v) is 10.0. The van der Waals surface area contributed by atoms with E-state index in [1.165, 1.54) is 19.1 Å². The first kappa shape index (κ1) is 21.5. The highest BCUT2D eigenvalue weighted by Gasteiger charge is 2.32. The minimum absolute atomic E-state index is 0.148. The molecule has 3 aromatic rings. The summed E-state index contributed by atoms with van der Waals surface area (Å²) in [7, 11) is 0. The van der Waals surface area contributed by atoms with Crippen LogP contribution in [0.25, 0.3) is 10.9 Å². The van der Waals surface area contributed by atoms with Crippen LogP contribution in [0, 0.1) is 11.6 Å². The Morgan fingerprint density at radius 3 is 2.77 bits per heavy atom. The molecule has 0 N–H and O–H groups in total. The summed E-state index contributed by atoms with van der Waals surface area (Å²) >= 11 is 0. The maximum absolute atomic E-state index is 14.2. The zero-order valence-electron chi connectivity index (χ0n) is 17.7. The van der Waals surface area contributed by atoms with Crippen molar-refractivity contribution in [3.05, 3.63) is 65.1 Å². The summed E-state index contributed by atoms with van der Waals surface area (Å²) in [4.78, 5) is 16.0. The molecular weight excluding hydrogens is 406 g/mol. The Morgan fingerprint density at radius 2 is 2.10 bits per heavy atom. The van der Waals surface area contributed by atoms with E-state index in [1.807, 2.05) is 24.6 Å². The molecule has 3 heterocycles. The fourth-order valence-corrected chi connectivity index (χ4v) is 3.68. The minimum atomic E-state index is -0.623. The van der Waals surface area contributed by atoms with E-state index in [0.29, 0.717) is 24.5 Å². The van der Waals surface area contributed by atoms with E-state index in [1.54, 1.807) is 12.3 Å². The Hall–Kier alpha value is -2.68. The third-order valence-corrected chi connectivity index (χ3v) is 5.20. The molecule has 1 saturated heterocycles. The number of ether oxygens (including phenoxy) is 3. The van der Waals surface area contributed by atoms with Crippen LogP contribution in [0.4, 0.5) is 8.78 Å². The lowest BCUT2D eigenvalue weighted by Gasteiger charge is -2.17. The second kappa shape index (κ2) is 8.45. The molecule has 0 unspecified atom stereocenters. The number of nitrogens with zero attached hydrogens (tertiary/aromatic N) is 2. The van der Waals surface area contributed by atoms with Crippen molar-refractivity contribution in [1.29, 1.82) is 0 Å². The van der Waals surface area contributed by atoms with Crippen molar-refractivity contribution in [2.24, 2.45) is 0 Å². The molecule has 0 aliphatic carbocycles. The van der Waals surface area contributed by atoms with Crippen LogP contribution >= 0.6 is 0 Å². The van der Waals surface area contributed by atoms with Gasteiger partial charge in [0.25, 0.3) is 0 Å². The Kier molecular flexibility index (Phi) is 5.88. The van der Waals surface area contributed by atoms with Gasteiger partial charge in [-0.2, -0.15) is 0 Å². The molecule has 1 aliphatic rings. The van der Waals surface area contributed by atoms with Gasteiger partial charge < -0.3 is 18.8 Å². The van der Waals surface area contributed by atoms with Crippen LogP contribution in [0.3, 0.4) is 0 Å². The Morgan fingerprint density at radius 1 is 1.29 bits per heavy atom. The number of carbonyl (C=O) groups is 1.